The Balaban J connectivity index is 3.03. The van der Waals surface area contributed by atoms with Crippen molar-refractivity contribution in [2.24, 2.45) is 0 Å². The van der Waals surface area contributed by atoms with Gasteiger partial charge in [-0.05, 0) is 36.6 Å². The number of alkyl halides is 1. The summed E-state index contributed by atoms with van der Waals surface area (Å²) in [5, 5.41) is 20.4. The minimum atomic E-state index is -1.01. The summed E-state index contributed by atoms with van der Waals surface area (Å²) in [6.07, 6.45) is -1.44. The van der Waals surface area contributed by atoms with Crippen LogP contribution in [0.2, 0.25) is 0 Å². The summed E-state index contributed by atoms with van der Waals surface area (Å²) in [5.41, 5.74) is 1.73. The molecule has 0 aliphatic rings. The summed E-state index contributed by atoms with van der Waals surface area (Å²) < 4.78 is 4.63. The van der Waals surface area contributed by atoms with E-state index in [0.717, 1.165) is 5.56 Å². The van der Waals surface area contributed by atoms with Gasteiger partial charge in [0.15, 0.2) is 0 Å². The van der Waals surface area contributed by atoms with Gasteiger partial charge in [0.25, 0.3) is 0 Å². The molecule has 5 heteroatoms. The average Bonchev–Trinajstić information content (AvgIpc) is 2.37. The number of aryl methyl sites for hydroxylation is 1. The van der Waals surface area contributed by atoms with Crippen LogP contribution in [0.3, 0.4) is 0 Å². The molecular formula is C13H17BrO4. The Morgan fingerprint density at radius 3 is 2.67 bits per heavy atom. The Labute approximate surface area is 115 Å². The fourth-order valence-electron chi connectivity index (χ4n) is 1.68. The number of hydrogen-bond acceptors (Lipinski definition) is 4. The number of carbonyl (C=O) groups is 1. The molecule has 1 aromatic carbocycles. The summed E-state index contributed by atoms with van der Waals surface area (Å²) >= 11 is 3.21. The largest absolute Gasteiger partial charge is 0.465 e. The molecular weight excluding hydrogens is 300 g/mol. The van der Waals surface area contributed by atoms with Gasteiger partial charge in [0.1, 0.15) is 6.10 Å². The maximum Gasteiger partial charge on any atom is 0.337 e. The molecule has 0 aromatic heterocycles. The zero-order valence-corrected chi connectivity index (χ0v) is 12.0. The number of rotatable bonds is 5. The van der Waals surface area contributed by atoms with Crippen LogP contribution in [0.4, 0.5) is 0 Å². The monoisotopic (exact) mass is 316 g/mol. The van der Waals surface area contributed by atoms with Crippen LogP contribution in [-0.4, -0.2) is 34.7 Å². The SMILES string of the molecule is COC(=O)c1ccc(C)c(C(O)C(O)CCBr)c1. The zero-order chi connectivity index (χ0) is 13.7. The van der Waals surface area contributed by atoms with Crippen LogP contribution in [0, 0.1) is 6.92 Å². The zero-order valence-electron chi connectivity index (χ0n) is 10.4. The van der Waals surface area contributed by atoms with Crippen LogP contribution in [0.25, 0.3) is 0 Å². The molecule has 0 saturated carbocycles. The molecule has 2 atom stereocenters. The Bertz CT molecular complexity index is 419. The van der Waals surface area contributed by atoms with Gasteiger partial charge in [-0.3, -0.25) is 0 Å². The van der Waals surface area contributed by atoms with E-state index in [0.29, 0.717) is 22.9 Å². The van der Waals surface area contributed by atoms with Crippen LogP contribution in [0.1, 0.15) is 34.0 Å². The van der Waals surface area contributed by atoms with E-state index in [1.807, 2.05) is 6.92 Å². The standard InChI is InChI=1S/C13H17BrO4/c1-8-3-4-9(13(17)18-2)7-10(8)12(16)11(15)5-6-14/h3-4,7,11-12,15-16H,5-6H2,1-2H3. The highest BCUT2D eigenvalue weighted by atomic mass is 79.9. The van der Waals surface area contributed by atoms with Crippen molar-refractivity contribution in [1.29, 1.82) is 0 Å². The van der Waals surface area contributed by atoms with Crippen LogP contribution in [0.5, 0.6) is 0 Å². The Kier molecular flexibility index (Phi) is 5.78. The lowest BCUT2D eigenvalue weighted by Gasteiger charge is -2.19. The van der Waals surface area contributed by atoms with Gasteiger partial charge < -0.3 is 14.9 Å². The molecule has 0 amide bonds. The Morgan fingerprint density at radius 2 is 2.11 bits per heavy atom. The first-order chi connectivity index (χ1) is 8.51. The normalized spacial score (nSPS) is 14.1. The number of aliphatic hydroxyl groups is 2. The molecule has 100 valence electrons. The first-order valence-electron chi connectivity index (χ1n) is 5.62. The molecule has 2 N–H and O–H groups in total. The van der Waals surface area contributed by atoms with E-state index < -0.39 is 18.2 Å². The van der Waals surface area contributed by atoms with E-state index in [-0.39, 0.29) is 0 Å². The molecule has 0 spiro atoms. The van der Waals surface area contributed by atoms with Crippen molar-refractivity contribution in [2.75, 3.05) is 12.4 Å². The molecule has 0 heterocycles. The van der Waals surface area contributed by atoms with Crippen LogP contribution in [-0.2, 0) is 4.74 Å². The van der Waals surface area contributed by atoms with Crippen molar-refractivity contribution in [1.82, 2.24) is 0 Å². The van der Waals surface area contributed by atoms with Crippen LogP contribution in [0.15, 0.2) is 18.2 Å². The predicted molar refractivity (Wildman–Crippen MR) is 71.9 cm³/mol. The molecule has 0 fully saturated rings. The number of benzene rings is 1. The molecule has 0 saturated heterocycles. The lowest BCUT2D eigenvalue weighted by atomic mass is 9.96. The third-order valence-electron chi connectivity index (χ3n) is 2.79. The average molecular weight is 317 g/mol. The van der Waals surface area contributed by atoms with Crippen molar-refractivity contribution >= 4 is 21.9 Å². The molecule has 0 bridgehead atoms. The summed E-state index contributed by atoms with van der Waals surface area (Å²) in [4.78, 5) is 11.4. The fourth-order valence-corrected chi connectivity index (χ4v) is 2.15. The molecule has 4 nitrogen and oxygen atoms in total. The van der Waals surface area contributed by atoms with E-state index in [2.05, 4.69) is 20.7 Å². The maximum atomic E-state index is 11.4. The lowest BCUT2D eigenvalue weighted by Crippen LogP contribution is -2.20. The molecule has 1 aromatic rings. The van der Waals surface area contributed by atoms with Gasteiger partial charge in [0, 0.05) is 5.33 Å². The van der Waals surface area contributed by atoms with Gasteiger partial charge in [0.2, 0.25) is 0 Å². The highest BCUT2D eigenvalue weighted by Crippen LogP contribution is 2.24. The number of ether oxygens (including phenoxy) is 1. The van der Waals surface area contributed by atoms with Crippen molar-refractivity contribution in [3.63, 3.8) is 0 Å². The first-order valence-corrected chi connectivity index (χ1v) is 6.74. The minimum Gasteiger partial charge on any atom is -0.465 e. The van der Waals surface area contributed by atoms with E-state index in [9.17, 15) is 15.0 Å². The van der Waals surface area contributed by atoms with E-state index >= 15 is 0 Å². The number of hydrogen-bond donors (Lipinski definition) is 2. The van der Waals surface area contributed by atoms with Gasteiger partial charge in [-0.2, -0.15) is 0 Å². The van der Waals surface area contributed by atoms with Gasteiger partial charge >= 0.3 is 5.97 Å². The topological polar surface area (TPSA) is 66.8 Å². The molecule has 0 radical (unpaired) electrons. The highest BCUT2D eigenvalue weighted by Gasteiger charge is 2.21. The quantitative estimate of drug-likeness (QED) is 0.643. The van der Waals surface area contributed by atoms with E-state index in [4.69, 9.17) is 0 Å². The predicted octanol–water partition coefficient (Wildman–Crippen LogP) is 1.96. The van der Waals surface area contributed by atoms with Gasteiger partial charge in [-0.25, -0.2) is 4.79 Å². The van der Waals surface area contributed by atoms with Crippen LogP contribution >= 0.6 is 15.9 Å². The van der Waals surface area contributed by atoms with Crippen molar-refractivity contribution in [2.45, 2.75) is 25.6 Å². The minimum absolute atomic E-state index is 0.364. The van der Waals surface area contributed by atoms with Gasteiger partial charge in [-0.15, -0.1) is 0 Å². The number of methoxy groups -OCH3 is 1. The fraction of sp³-hybridized carbons (Fsp3) is 0.462. The second kappa shape index (κ2) is 6.87. The van der Waals surface area contributed by atoms with Crippen molar-refractivity contribution in [3.8, 4) is 0 Å². The number of aliphatic hydroxyl groups excluding tert-OH is 2. The summed E-state index contributed by atoms with van der Waals surface area (Å²) in [5.74, 6) is -0.460. The summed E-state index contributed by atoms with van der Waals surface area (Å²) in [7, 11) is 1.30. The maximum absolute atomic E-state index is 11.4. The first kappa shape index (κ1) is 15.1. The third-order valence-corrected chi connectivity index (χ3v) is 3.25. The number of carbonyl (C=O) groups excluding carboxylic acids is 1. The Morgan fingerprint density at radius 1 is 1.44 bits per heavy atom. The van der Waals surface area contributed by atoms with Gasteiger partial charge in [0.05, 0.1) is 18.8 Å². The summed E-state index contributed by atoms with van der Waals surface area (Å²) in [6, 6.07) is 4.92. The van der Waals surface area contributed by atoms with Gasteiger partial charge in [-0.1, -0.05) is 22.0 Å². The van der Waals surface area contributed by atoms with Crippen LogP contribution < -0.4 is 0 Å². The van der Waals surface area contributed by atoms with E-state index in [1.54, 1.807) is 18.2 Å². The van der Waals surface area contributed by atoms with E-state index in [1.165, 1.54) is 7.11 Å². The van der Waals surface area contributed by atoms with Crippen molar-refractivity contribution in [3.05, 3.63) is 34.9 Å². The molecule has 1 rings (SSSR count). The number of halogens is 1. The second-order valence-electron chi connectivity index (χ2n) is 4.05. The second-order valence-corrected chi connectivity index (χ2v) is 4.85. The number of esters is 1. The third kappa shape index (κ3) is 3.54. The highest BCUT2D eigenvalue weighted by molar-refractivity contribution is 9.09. The summed E-state index contributed by atoms with van der Waals surface area (Å²) in [6.45, 7) is 1.82. The lowest BCUT2D eigenvalue weighted by molar-refractivity contribution is 0.0169. The molecule has 2 unspecified atom stereocenters. The smallest absolute Gasteiger partial charge is 0.337 e. The molecule has 18 heavy (non-hydrogen) atoms. The molecule has 0 aliphatic carbocycles. The Hall–Kier alpha value is -0.910. The molecule has 0 aliphatic heterocycles. The van der Waals surface area contributed by atoms with Crippen molar-refractivity contribution < 1.29 is 19.7 Å².